The van der Waals surface area contributed by atoms with E-state index < -0.39 is 11.9 Å². The highest BCUT2D eigenvalue weighted by atomic mass is 79.9. The first-order valence-electron chi connectivity index (χ1n) is 8.63. The lowest BCUT2D eigenvalue weighted by molar-refractivity contribution is -0.159. The third-order valence-corrected chi connectivity index (χ3v) is 5.22. The molecule has 0 unspecified atom stereocenters. The van der Waals surface area contributed by atoms with Gasteiger partial charge in [-0.15, -0.1) is 0 Å². The second-order valence-electron chi connectivity index (χ2n) is 6.49. The highest BCUT2D eigenvalue weighted by molar-refractivity contribution is 9.10. The minimum Gasteiger partial charge on any atom is -0.473 e. The number of benzene rings is 1. The number of carbonyl (C=O) groups is 2. The third-order valence-electron chi connectivity index (χ3n) is 4.73. The summed E-state index contributed by atoms with van der Waals surface area (Å²) in [5.74, 6) is -3.65. The topological polar surface area (TPSA) is 81.1 Å². The van der Waals surface area contributed by atoms with Crippen LogP contribution in [0.15, 0.2) is 28.7 Å². The molecular weight excluding hydrogens is 388 g/mol. The fraction of sp³-hybridized carbons (Fsp3) is 0.556. The Balaban J connectivity index is 0.000000326. The van der Waals surface area contributed by atoms with Gasteiger partial charge in [0.1, 0.15) is 0 Å². The zero-order chi connectivity index (χ0) is 18.2. The Morgan fingerprint density at radius 2 is 1.64 bits per heavy atom. The first-order chi connectivity index (χ1) is 12.0. The van der Waals surface area contributed by atoms with Crippen LogP contribution in [-0.4, -0.2) is 64.2 Å². The summed E-state index contributed by atoms with van der Waals surface area (Å²) in [5.41, 5.74) is 1.42. The number of hydrogen-bond acceptors (Lipinski definition) is 4. The molecule has 0 aromatic heterocycles. The van der Waals surface area contributed by atoms with Gasteiger partial charge in [0.15, 0.2) is 0 Å². The number of halogens is 1. The smallest absolute Gasteiger partial charge is 0.414 e. The van der Waals surface area contributed by atoms with Crippen LogP contribution in [0, 0.1) is 0 Å². The normalized spacial score (nSPS) is 19.2. The zero-order valence-corrected chi connectivity index (χ0v) is 15.8. The molecule has 0 bridgehead atoms. The van der Waals surface area contributed by atoms with Gasteiger partial charge in [-0.05, 0) is 30.5 Å². The van der Waals surface area contributed by atoms with E-state index in [1.54, 1.807) is 0 Å². The highest BCUT2D eigenvalue weighted by Gasteiger charge is 2.25. The van der Waals surface area contributed by atoms with E-state index in [0.29, 0.717) is 0 Å². The average molecular weight is 413 g/mol. The van der Waals surface area contributed by atoms with Crippen LogP contribution < -0.4 is 0 Å². The molecule has 2 aliphatic rings. The highest BCUT2D eigenvalue weighted by Crippen LogP contribution is 2.24. The summed E-state index contributed by atoms with van der Waals surface area (Å²) in [4.78, 5) is 23.5. The zero-order valence-electron chi connectivity index (χ0n) is 14.2. The molecule has 7 heteroatoms. The SMILES string of the molecule is Brc1cccc(CN2CCN(C3CCCC3)CC2)c1.O=C(O)C(=O)O. The van der Waals surface area contributed by atoms with Crippen molar-refractivity contribution in [1.29, 1.82) is 0 Å². The molecule has 0 spiro atoms. The summed E-state index contributed by atoms with van der Waals surface area (Å²) in [6, 6.07) is 9.60. The van der Waals surface area contributed by atoms with Gasteiger partial charge in [-0.3, -0.25) is 9.80 Å². The minimum absolute atomic E-state index is 0.896. The Morgan fingerprint density at radius 1 is 1.04 bits per heavy atom. The fourth-order valence-electron chi connectivity index (χ4n) is 3.45. The maximum atomic E-state index is 9.10. The van der Waals surface area contributed by atoms with Gasteiger partial charge in [0.25, 0.3) is 0 Å². The largest absolute Gasteiger partial charge is 0.473 e. The van der Waals surface area contributed by atoms with Crippen molar-refractivity contribution in [1.82, 2.24) is 9.80 Å². The van der Waals surface area contributed by atoms with Crippen LogP contribution in [0.25, 0.3) is 0 Å². The number of piperazine rings is 1. The van der Waals surface area contributed by atoms with Crippen molar-refractivity contribution in [2.45, 2.75) is 38.3 Å². The van der Waals surface area contributed by atoms with E-state index in [1.165, 1.54) is 61.9 Å². The van der Waals surface area contributed by atoms with Crippen molar-refractivity contribution in [3.63, 3.8) is 0 Å². The molecule has 6 nitrogen and oxygen atoms in total. The quantitative estimate of drug-likeness (QED) is 0.742. The number of aliphatic carboxylic acids is 2. The molecule has 1 saturated carbocycles. The molecule has 1 heterocycles. The second-order valence-corrected chi connectivity index (χ2v) is 7.41. The summed E-state index contributed by atoms with van der Waals surface area (Å²) in [7, 11) is 0. The predicted octanol–water partition coefficient (Wildman–Crippen LogP) is 2.66. The standard InChI is InChI=1S/C16H23BrN2.C2H2O4/c17-15-5-3-4-14(12-15)13-18-8-10-19(11-9-18)16-6-1-2-7-16;3-1(4)2(5)6/h3-5,12,16H,1-2,6-11,13H2;(H,3,4)(H,5,6). The molecule has 1 aliphatic heterocycles. The first-order valence-corrected chi connectivity index (χ1v) is 9.42. The molecule has 2 fully saturated rings. The molecule has 1 aliphatic carbocycles. The first kappa shape index (κ1) is 19.9. The van der Waals surface area contributed by atoms with Gasteiger partial charge in [0.2, 0.25) is 0 Å². The molecule has 25 heavy (non-hydrogen) atoms. The van der Waals surface area contributed by atoms with Crippen molar-refractivity contribution in [3.8, 4) is 0 Å². The number of carboxylic acids is 2. The lowest BCUT2D eigenvalue weighted by atomic mass is 10.1. The van der Waals surface area contributed by atoms with Gasteiger partial charge in [-0.25, -0.2) is 9.59 Å². The lowest BCUT2D eigenvalue weighted by Gasteiger charge is -2.38. The molecule has 1 aromatic carbocycles. The molecular formula is C18H25BrN2O4. The van der Waals surface area contributed by atoms with Gasteiger partial charge >= 0.3 is 11.9 Å². The van der Waals surface area contributed by atoms with Crippen molar-refractivity contribution in [2.75, 3.05) is 26.2 Å². The molecule has 0 amide bonds. The molecule has 0 atom stereocenters. The average Bonchev–Trinajstić information content (AvgIpc) is 3.10. The van der Waals surface area contributed by atoms with Crippen molar-refractivity contribution in [2.24, 2.45) is 0 Å². The number of nitrogens with zero attached hydrogens (tertiary/aromatic N) is 2. The molecule has 1 aromatic rings. The Kier molecular flexibility index (Phi) is 7.87. The van der Waals surface area contributed by atoms with E-state index >= 15 is 0 Å². The summed E-state index contributed by atoms with van der Waals surface area (Å²) in [5, 5.41) is 14.8. The van der Waals surface area contributed by atoms with Crippen LogP contribution in [0.2, 0.25) is 0 Å². The fourth-order valence-corrected chi connectivity index (χ4v) is 3.90. The van der Waals surface area contributed by atoms with Crippen LogP contribution >= 0.6 is 15.9 Å². The second kappa shape index (κ2) is 9.89. The van der Waals surface area contributed by atoms with E-state index in [-0.39, 0.29) is 0 Å². The maximum absolute atomic E-state index is 9.10. The van der Waals surface area contributed by atoms with Gasteiger partial charge in [0, 0.05) is 43.2 Å². The van der Waals surface area contributed by atoms with Crippen LogP contribution in [0.4, 0.5) is 0 Å². The molecule has 138 valence electrons. The summed E-state index contributed by atoms with van der Waals surface area (Å²) in [6.45, 7) is 6.07. The van der Waals surface area contributed by atoms with E-state index in [0.717, 1.165) is 12.6 Å². The van der Waals surface area contributed by atoms with E-state index in [4.69, 9.17) is 19.8 Å². The van der Waals surface area contributed by atoms with Crippen LogP contribution in [-0.2, 0) is 16.1 Å². The number of rotatable bonds is 3. The Hall–Kier alpha value is -1.44. The van der Waals surface area contributed by atoms with E-state index in [2.05, 4.69) is 50.0 Å². The van der Waals surface area contributed by atoms with Gasteiger partial charge in [-0.1, -0.05) is 40.9 Å². The third kappa shape index (κ3) is 6.76. The molecule has 1 saturated heterocycles. The molecule has 0 radical (unpaired) electrons. The van der Waals surface area contributed by atoms with Crippen LogP contribution in [0.5, 0.6) is 0 Å². The van der Waals surface area contributed by atoms with Crippen molar-refractivity contribution >= 4 is 27.9 Å². The van der Waals surface area contributed by atoms with Crippen molar-refractivity contribution in [3.05, 3.63) is 34.3 Å². The number of hydrogen-bond donors (Lipinski definition) is 2. The monoisotopic (exact) mass is 412 g/mol. The predicted molar refractivity (Wildman–Crippen MR) is 98.5 cm³/mol. The maximum Gasteiger partial charge on any atom is 0.414 e. The van der Waals surface area contributed by atoms with Crippen LogP contribution in [0.1, 0.15) is 31.2 Å². The van der Waals surface area contributed by atoms with Gasteiger partial charge in [0.05, 0.1) is 0 Å². The van der Waals surface area contributed by atoms with Crippen LogP contribution in [0.3, 0.4) is 0 Å². The molecule has 3 rings (SSSR count). The Bertz CT molecular complexity index is 570. The summed E-state index contributed by atoms with van der Waals surface area (Å²) in [6.07, 6.45) is 5.77. The Morgan fingerprint density at radius 3 is 2.16 bits per heavy atom. The number of carboxylic acid groups (broad SMARTS) is 2. The lowest BCUT2D eigenvalue weighted by Crippen LogP contribution is -2.49. The van der Waals surface area contributed by atoms with E-state index in [1.807, 2.05) is 0 Å². The van der Waals surface area contributed by atoms with Crippen molar-refractivity contribution < 1.29 is 19.8 Å². The van der Waals surface area contributed by atoms with Gasteiger partial charge in [-0.2, -0.15) is 0 Å². The molecule has 2 N–H and O–H groups in total. The summed E-state index contributed by atoms with van der Waals surface area (Å²) < 4.78 is 1.19. The van der Waals surface area contributed by atoms with Gasteiger partial charge < -0.3 is 10.2 Å². The Labute approximate surface area is 156 Å². The summed E-state index contributed by atoms with van der Waals surface area (Å²) >= 11 is 3.55. The minimum atomic E-state index is -1.82. The van der Waals surface area contributed by atoms with E-state index in [9.17, 15) is 0 Å².